The molecule has 0 atom stereocenters. The Morgan fingerprint density at radius 1 is 1.35 bits per heavy atom. The van der Waals surface area contributed by atoms with Crippen molar-refractivity contribution in [3.63, 3.8) is 0 Å². The third kappa shape index (κ3) is 2.99. The third-order valence-electron chi connectivity index (χ3n) is 1.91. The fraction of sp³-hybridized carbons (Fsp3) is 0.111. The van der Waals surface area contributed by atoms with E-state index in [1.165, 1.54) is 6.07 Å². The topological polar surface area (TPSA) is 125 Å². The first-order valence-electron chi connectivity index (χ1n) is 4.45. The normalized spacial score (nSPS) is 9.76. The van der Waals surface area contributed by atoms with Gasteiger partial charge in [-0.3, -0.25) is 15.0 Å². The molecule has 1 aromatic rings. The highest BCUT2D eigenvalue weighted by Crippen LogP contribution is 2.35. The molecule has 6 N–H and O–H groups in total. The van der Waals surface area contributed by atoms with E-state index in [0.717, 1.165) is 6.07 Å². The molecule has 7 nitrogen and oxygen atoms in total. The van der Waals surface area contributed by atoms with Gasteiger partial charge in [-0.2, -0.15) is 0 Å². The minimum atomic E-state index is -0.672. The van der Waals surface area contributed by atoms with Crippen LogP contribution in [0.4, 0.5) is 0 Å². The number of carbonyl (C=O) groups is 2. The molecule has 0 spiro atoms. The monoisotopic (exact) mass is 259 g/mol. The number of hydrazine groups is 1. The smallest absolute Gasteiger partial charge is 0.253 e. The molecule has 1 rings (SSSR count). The molecule has 1 aromatic carbocycles. The van der Waals surface area contributed by atoms with Crippen LogP contribution in [0.15, 0.2) is 12.1 Å². The lowest BCUT2D eigenvalue weighted by Crippen LogP contribution is -2.40. The highest BCUT2D eigenvalue weighted by atomic mass is 35.5. The molecule has 0 radical (unpaired) electrons. The number of phenolic OH excluding ortho intramolecular Hbond substituents is 2. The third-order valence-corrected chi connectivity index (χ3v) is 2.29. The van der Waals surface area contributed by atoms with Crippen molar-refractivity contribution in [1.82, 2.24) is 10.7 Å². The molecule has 0 aromatic heterocycles. The summed E-state index contributed by atoms with van der Waals surface area (Å²) in [6.07, 6.45) is 0. The highest BCUT2D eigenvalue weighted by Gasteiger charge is 2.16. The molecule has 0 bridgehead atoms. The van der Waals surface area contributed by atoms with E-state index >= 15 is 0 Å². The fourth-order valence-corrected chi connectivity index (χ4v) is 1.28. The van der Waals surface area contributed by atoms with E-state index in [-0.39, 0.29) is 17.1 Å². The van der Waals surface area contributed by atoms with E-state index in [0.29, 0.717) is 0 Å². The zero-order chi connectivity index (χ0) is 13.0. The molecule has 0 saturated carbocycles. The van der Waals surface area contributed by atoms with Crippen molar-refractivity contribution in [1.29, 1.82) is 0 Å². The van der Waals surface area contributed by atoms with Crippen LogP contribution in [0.1, 0.15) is 10.4 Å². The molecule has 0 aliphatic rings. The van der Waals surface area contributed by atoms with Crippen LogP contribution in [0, 0.1) is 0 Å². The highest BCUT2D eigenvalue weighted by molar-refractivity contribution is 6.35. The van der Waals surface area contributed by atoms with Crippen LogP contribution < -0.4 is 16.6 Å². The summed E-state index contributed by atoms with van der Waals surface area (Å²) in [7, 11) is 0. The molecule has 17 heavy (non-hydrogen) atoms. The number of aromatic hydroxyl groups is 2. The van der Waals surface area contributed by atoms with Crippen molar-refractivity contribution in [2.75, 3.05) is 6.54 Å². The first-order chi connectivity index (χ1) is 7.97. The molecule has 8 heteroatoms. The number of carbonyl (C=O) groups excluding carboxylic acids is 2. The first-order valence-corrected chi connectivity index (χ1v) is 4.83. The Balaban J connectivity index is 2.83. The maximum Gasteiger partial charge on any atom is 0.253 e. The van der Waals surface area contributed by atoms with E-state index in [1.807, 2.05) is 5.43 Å². The van der Waals surface area contributed by atoms with Crippen LogP contribution in [0.5, 0.6) is 11.5 Å². The van der Waals surface area contributed by atoms with Gasteiger partial charge in [0.2, 0.25) is 0 Å². The Hall–Kier alpha value is -1.99. The molecule has 0 aliphatic heterocycles. The quantitative estimate of drug-likeness (QED) is 0.216. The number of halogens is 1. The average Bonchev–Trinajstić information content (AvgIpc) is 2.32. The van der Waals surface area contributed by atoms with E-state index in [1.54, 1.807) is 0 Å². The minimum Gasteiger partial charge on any atom is -0.504 e. The number of benzene rings is 1. The van der Waals surface area contributed by atoms with Crippen molar-refractivity contribution in [3.8, 4) is 11.5 Å². The van der Waals surface area contributed by atoms with Crippen LogP contribution in [0.25, 0.3) is 0 Å². The summed E-state index contributed by atoms with van der Waals surface area (Å²) < 4.78 is 0. The second-order valence-corrected chi connectivity index (χ2v) is 3.42. The van der Waals surface area contributed by atoms with Gasteiger partial charge in [0.05, 0.1) is 17.1 Å². The summed E-state index contributed by atoms with van der Waals surface area (Å²) in [5.41, 5.74) is 1.77. The zero-order valence-corrected chi connectivity index (χ0v) is 9.28. The first kappa shape index (κ1) is 13.1. The fourth-order valence-electron chi connectivity index (χ4n) is 1.04. The Morgan fingerprint density at radius 2 is 2.00 bits per heavy atom. The average molecular weight is 260 g/mol. The Kier molecular flexibility index (Phi) is 4.13. The summed E-state index contributed by atoms with van der Waals surface area (Å²) in [6, 6.07) is 2.33. The number of rotatable bonds is 3. The Bertz CT molecular complexity index is 464. The zero-order valence-electron chi connectivity index (χ0n) is 8.53. The number of hydrogen-bond acceptors (Lipinski definition) is 5. The van der Waals surface area contributed by atoms with Crippen molar-refractivity contribution < 1.29 is 19.8 Å². The van der Waals surface area contributed by atoms with Gasteiger partial charge in [0, 0.05) is 0 Å². The summed E-state index contributed by atoms with van der Waals surface area (Å²) in [5, 5.41) is 20.3. The summed E-state index contributed by atoms with van der Waals surface area (Å²) in [6.45, 7) is -0.326. The molecule has 92 valence electrons. The Labute approximate surface area is 101 Å². The Morgan fingerprint density at radius 3 is 2.59 bits per heavy atom. The van der Waals surface area contributed by atoms with Gasteiger partial charge in [0.15, 0.2) is 11.5 Å². The molecule has 2 amide bonds. The van der Waals surface area contributed by atoms with E-state index in [9.17, 15) is 14.7 Å². The lowest BCUT2D eigenvalue weighted by Gasteiger charge is -2.07. The van der Waals surface area contributed by atoms with Gasteiger partial charge in [-0.1, -0.05) is 11.6 Å². The van der Waals surface area contributed by atoms with Gasteiger partial charge in [0.1, 0.15) is 0 Å². The van der Waals surface area contributed by atoms with Gasteiger partial charge < -0.3 is 15.5 Å². The van der Waals surface area contributed by atoms with Crippen LogP contribution in [-0.4, -0.2) is 28.6 Å². The largest absolute Gasteiger partial charge is 0.504 e. The van der Waals surface area contributed by atoms with Gasteiger partial charge >= 0.3 is 0 Å². The number of nitrogens with one attached hydrogen (secondary N) is 2. The van der Waals surface area contributed by atoms with E-state index < -0.39 is 23.3 Å². The molecule has 0 saturated heterocycles. The van der Waals surface area contributed by atoms with Gasteiger partial charge in [-0.05, 0) is 12.1 Å². The van der Waals surface area contributed by atoms with Gasteiger partial charge in [-0.25, -0.2) is 5.84 Å². The van der Waals surface area contributed by atoms with Crippen molar-refractivity contribution in [3.05, 3.63) is 22.7 Å². The number of phenols is 2. The van der Waals surface area contributed by atoms with Crippen LogP contribution in [0.3, 0.4) is 0 Å². The summed E-state index contributed by atoms with van der Waals surface area (Å²) in [4.78, 5) is 22.3. The number of nitrogens with two attached hydrogens (primary N) is 1. The van der Waals surface area contributed by atoms with Crippen molar-refractivity contribution >= 4 is 23.4 Å². The second-order valence-electron chi connectivity index (χ2n) is 3.05. The molecular formula is C9H10ClN3O4. The molecule has 0 heterocycles. The molecule has 0 fully saturated rings. The van der Waals surface area contributed by atoms with Crippen LogP contribution in [-0.2, 0) is 4.79 Å². The SMILES string of the molecule is NNC(=O)CNC(=O)c1ccc(O)c(O)c1Cl. The van der Waals surface area contributed by atoms with Crippen molar-refractivity contribution in [2.45, 2.75) is 0 Å². The number of amides is 2. The standard InChI is InChI=1S/C9H10ClN3O4/c10-7-4(1-2-5(14)8(7)16)9(17)12-3-6(15)13-11/h1-2,14,16H,3,11H2,(H,12,17)(H,13,15). The predicted molar refractivity (Wildman–Crippen MR) is 59.4 cm³/mol. The summed E-state index contributed by atoms with van der Waals surface area (Å²) >= 11 is 5.65. The molecular weight excluding hydrogens is 250 g/mol. The minimum absolute atomic E-state index is 0.0632. The van der Waals surface area contributed by atoms with E-state index in [2.05, 4.69) is 5.32 Å². The predicted octanol–water partition coefficient (Wildman–Crippen LogP) is -0.529. The summed E-state index contributed by atoms with van der Waals surface area (Å²) in [5.74, 6) is 2.53. The van der Waals surface area contributed by atoms with Crippen molar-refractivity contribution in [2.24, 2.45) is 5.84 Å². The maximum atomic E-state index is 11.5. The van der Waals surface area contributed by atoms with Gasteiger partial charge in [-0.15, -0.1) is 0 Å². The lowest BCUT2D eigenvalue weighted by molar-refractivity contribution is -0.120. The second kappa shape index (κ2) is 5.37. The lowest BCUT2D eigenvalue weighted by atomic mass is 10.2. The maximum absolute atomic E-state index is 11.5. The van der Waals surface area contributed by atoms with Crippen LogP contribution in [0.2, 0.25) is 5.02 Å². The molecule has 0 aliphatic carbocycles. The van der Waals surface area contributed by atoms with Gasteiger partial charge in [0.25, 0.3) is 11.8 Å². The molecule has 0 unspecified atom stereocenters. The van der Waals surface area contributed by atoms with E-state index in [4.69, 9.17) is 22.6 Å². The van der Waals surface area contributed by atoms with Crippen LogP contribution >= 0.6 is 11.6 Å². The number of hydrogen-bond donors (Lipinski definition) is 5.